The van der Waals surface area contributed by atoms with Crippen molar-refractivity contribution in [2.75, 3.05) is 0 Å². The molecule has 4 aromatic rings. The number of allylic oxidation sites excluding steroid dienone is 1. The summed E-state index contributed by atoms with van der Waals surface area (Å²) in [5.74, 6) is 0. The van der Waals surface area contributed by atoms with Gasteiger partial charge < -0.3 is 4.42 Å². The SMILES string of the molecule is C=Cc1cc2c(cc1/C=C\C)oc1cc3ccccc3cc12. The lowest BCUT2D eigenvalue weighted by Crippen LogP contribution is -1.80. The van der Waals surface area contributed by atoms with Gasteiger partial charge in [-0.2, -0.15) is 0 Å². The minimum Gasteiger partial charge on any atom is -0.456 e. The average Bonchev–Trinajstić information content (AvgIpc) is 2.88. The van der Waals surface area contributed by atoms with Gasteiger partial charge in [0.15, 0.2) is 0 Å². The standard InChI is InChI=1S/C21H16O/c1-3-7-15-12-20-18(10-14(15)4-2)19-11-16-8-5-6-9-17(16)13-21(19)22-20/h3-13H,2H2,1H3/b7-3-. The molecule has 0 radical (unpaired) electrons. The number of benzene rings is 3. The third-order valence-corrected chi connectivity index (χ3v) is 4.11. The second-order valence-corrected chi connectivity index (χ2v) is 5.48. The van der Waals surface area contributed by atoms with Crippen molar-refractivity contribution >= 4 is 44.9 Å². The Kier molecular flexibility index (Phi) is 2.87. The number of fused-ring (bicyclic) bond motifs is 4. The summed E-state index contributed by atoms with van der Waals surface area (Å²) in [4.78, 5) is 0. The van der Waals surface area contributed by atoms with Gasteiger partial charge in [0.1, 0.15) is 11.2 Å². The van der Waals surface area contributed by atoms with Gasteiger partial charge in [-0.1, -0.05) is 49.1 Å². The molecule has 1 aromatic heterocycles. The molecule has 3 aromatic carbocycles. The van der Waals surface area contributed by atoms with Crippen LogP contribution in [0.4, 0.5) is 0 Å². The highest BCUT2D eigenvalue weighted by Gasteiger charge is 2.10. The molecule has 106 valence electrons. The van der Waals surface area contributed by atoms with E-state index in [1.807, 2.05) is 19.1 Å². The molecule has 0 fully saturated rings. The highest BCUT2D eigenvalue weighted by molar-refractivity contribution is 6.11. The molecule has 0 unspecified atom stereocenters. The summed E-state index contributed by atoms with van der Waals surface area (Å²) in [6.07, 6.45) is 6.01. The minimum atomic E-state index is 0.920. The van der Waals surface area contributed by atoms with Crippen molar-refractivity contribution in [2.24, 2.45) is 0 Å². The van der Waals surface area contributed by atoms with Crippen LogP contribution in [-0.4, -0.2) is 0 Å². The summed E-state index contributed by atoms with van der Waals surface area (Å²) in [5.41, 5.74) is 4.11. The van der Waals surface area contributed by atoms with E-state index in [0.717, 1.165) is 33.1 Å². The fourth-order valence-electron chi connectivity index (χ4n) is 3.04. The molecule has 0 N–H and O–H groups in total. The van der Waals surface area contributed by atoms with Gasteiger partial charge in [-0.25, -0.2) is 0 Å². The quantitative estimate of drug-likeness (QED) is 0.414. The summed E-state index contributed by atoms with van der Waals surface area (Å²) in [7, 11) is 0. The third-order valence-electron chi connectivity index (χ3n) is 4.11. The van der Waals surface area contributed by atoms with Gasteiger partial charge in [-0.15, -0.1) is 0 Å². The fourth-order valence-corrected chi connectivity index (χ4v) is 3.04. The van der Waals surface area contributed by atoms with Crippen molar-refractivity contribution in [3.63, 3.8) is 0 Å². The Hall–Kier alpha value is -2.80. The highest BCUT2D eigenvalue weighted by Crippen LogP contribution is 2.34. The zero-order chi connectivity index (χ0) is 15.1. The second kappa shape index (κ2) is 4.88. The van der Waals surface area contributed by atoms with Gasteiger partial charge in [0.05, 0.1) is 0 Å². The van der Waals surface area contributed by atoms with Crippen LogP contribution in [0.2, 0.25) is 0 Å². The van der Waals surface area contributed by atoms with Gasteiger partial charge in [0.25, 0.3) is 0 Å². The van der Waals surface area contributed by atoms with Crippen molar-refractivity contribution in [3.8, 4) is 0 Å². The molecule has 0 amide bonds. The monoisotopic (exact) mass is 284 g/mol. The lowest BCUT2D eigenvalue weighted by atomic mass is 10.0. The van der Waals surface area contributed by atoms with E-state index in [1.54, 1.807) is 0 Å². The van der Waals surface area contributed by atoms with E-state index in [1.165, 1.54) is 10.8 Å². The molecular weight excluding hydrogens is 268 g/mol. The predicted octanol–water partition coefficient (Wildman–Crippen LogP) is 6.42. The van der Waals surface area contributed by atoms with E-state index in [-0.39, 0.29) is 0 Å². The Balaban J connectivity index is 2.13. The van der Waals surface area contributed by atoms with Crippen molar-refractivity contribution < 1.29 is 4.42 Å². The number of rotatable bonds is 2. The van der Waals surface area contributed by atoms with Crippen molar-refractivity contribution in [1.82, 2.24) is 0 Å². The largest absolute Gasteiger partial charge is 0.456 e. The Bertz CT molecular complexity index is 1050. The molecule has 1 heterocycles. The summed E-state index contributed by atoms with van der Waals surface area (Å²) in [6, 6.07) is 17.0. The van der Waals surface area contributed by atoms with E-state index >= 15 is 0 Å². The van der Waals surface area contributed by atoms with Crippen LogP contribution in [0.15, 0.2) is 65.6 Å². The number of hydrogen-bond donors (Lipinski definition) is 0. The Labute approximate surface area is 129 Å². The first-order valence-corrected chi connectivity index (χ1v) is 7.44. The van der Waals surface area contributed by atoms with Gasteiger partial charge in [-0.3, -0.25) is 0 Å². The lowest BCUT2D eigenvalue weighted by Gasteiger charge is -2.01. The molecule has 1 heteroatoms. The van der Waals surface area contributed by atoms with Crippen LogP contribution in [-0.2, 0) is 0 Å². The van der Waals surface area contributed by atoms with Gasteiger partial charge >= 0.3 is 0 Å². The first-order chi connectivity index (χ1) is 10.8. The molecule has 0 saturated carbocycles. The molecule has 0 saturated heterocycles. The lowest BCUT2D eigenvalue weighted by molar-refractivity contribution is 0.669. The summed E-state index contributed by atoms with van der Waals surface area (Å²) in [5, 5.41) is 4.73. The van der Waals surface area contributed by atoms with Gasteiger partial charge in [0.2, 0.25) is 0 Å². The van der Waals surface area contributed by atoms with Gasteiger partial charge in [-0.05, 0) is 53.1 Å². The van der Waals surface area contributed by atoms with E-state index < -0.39 is 0 Å². The Morgan fingerprint density at radius 1 is 0.864 bits per heavy atom. The Morgan fingerprint density at radius 2 is 1.55 bits per heavy atom. The fraction of sp³-hybridized carbons (Fsp3) is 0.0476. The first kappa shape index (κ1) is 12.9. The van der Waals surface area contributed by atoms with E-state index in [4.69, 9.17) is 4.42 Å². The molecule has 1 nitrogen and oxygen atoms in total. The van der Waals surface area contributed by atoms with Gasteiger partial charge in [0, 0.05) is 10.8 Å². The molecule has 0 aliphatic rings. The molecule has 0 aliphatic carbocycles. The molecule has 4 rings (SSSR count). The van der Waals surface area contributed by atoms with E-state index in [0.29, 0.717) is 0 Å². The zero-order valence-electron chi connectivity index (χ0n) is 12.5. The van der Waals surface area contributed by atoms with Crippen LogP contribution < -0.4 is 0 Å². The van der Waals surface area contributed by atoms with Crippen LogP contribution in [0.5, 0.6) is 0 Å². The highest BCUT2D eigenvalue weighted by atomic mass is 16.3. The predicted molar refractivity (Wildman–Crippen MR) is 96.0 cm³/mol. The summed E-state index contributed by atoms with van der Waals surface area (Å²) < 4.78 is 6.08. The topological polar surface area (TPSA) is 13.1 Å². The summed E-state index contributed by atoms with van der Waals surface area (Å²) in [6.45, 7) is 5.95. The maximum absolute atomic E-state index is 6.08. The van der Waals surface area contributed by atoms with E-state index in [9.17, 15) is 0 Å². The third kappa shape index (κ3) is 1.86. The molecule has 0 spiro atoms. The van der Waals surface area contributed by atoms with Crippen LogP contribution in [0.3, 0.4) is 0 Å². The van der Waals surface area contributed by atoms with Crippen LogP contribution in [0.1, 0.15) is 18.1 Å². The van der Waals surface area contributed by atoms with Crippen molar-refractivity contribution in [2.45, 2.75) is 6.92 Å². The second-order valence-electron chi connectivity index (χ2n) is 5.48. The van der Waals surface area contributed by atoms with E-state index in [2.05, 4.69) is 61.2 Å². The molecular formula is C21H16O. The van der Waals surface area contributed by atoms with Crippen molar-refractivity contribution in [1.29, 1.82) is 0 Å². The molecule has 0 aliphatic heterocycles. The zero-order valence-corrected chi connectivity index (χ0v) is 12.5. The summed E-state index contributed by atoms with van der Waals surface area (Å²) >= 11 is 0. The molecule has 22 heavy (non-hydrogen) atoms. The van der Waals surface area contributed by atoms with Crippen LogP contribution in [0.25, 0.3) is 44.9 Å². The van der Waals surface area contributed by atoms with Crippen LogP contribution in [0, 0.1) is 0 Å². The minimum absolute atomic E-state index is 0.920. The number of hydrogen-bond acceptors (Lipinski definition) is 1. The Morgan fingerprint density at radius 3 is 2.27 bits per heavy atom. The molecule has 0 bridgehead atoms. The maximum atomic E-state index is 6.08. The maximum Gasteiger partial charge on any atom is 0.136 e. The number of furan rings is 1. The average molecular weight is 284 g/mol. The normalized spacial score (nSPS) is 11.9. The van der Waals surface area contributed by atoms with Crippen molar-refractivity contribution in [3.05, 3.63) is 72.3 Å². The smallest absolute Gasteiger partial charge is 0.136 e. The van der Waals surface area contributed by atoms with Crippen LogP contribution >= 0.6 is 0 Å². The molecule has 0 atom stereocenters. The first-order valence-electron chi connectivity index (χ1n) is 7.44.